The molecule has 10 heteroatoms. The molecular weight excluding hydrogens is 390 g/mol. The zero-order valence-corrected chi connectivity index (χ0v) is 16.7. The van der Waals surface area contributed by atoms with E-state index in [-0.39, 0.29) is 17.4 Å². The van der Waals surface area contributed by atoms with Crippen LogP contribution in [0.2, 0.25) is 5.02 Å². The Kier molecular flexibility index (Phi) is 4.69. The van der Waals surface area contributed by atoms with Crippen LogP contribution in [0.25, 0.3) is 0 Å². The number of hydrogen-bond acceptors (Lipinski definition) is 6. The second-order valence-electron chi connectivity index (χ2n) is 6.56. The number of halogens is 1. The molecule has 1 aliphatic rings. The highest BCUT2D eigenvalue weighted by atomic mass is 35.5. The summed E-state index contributed by atoms with van der Waals surface area (Å²) >= 11 is 6.38. The van der Waals surface area contributed by atoms with Crippen molar-refractivity contribution in [3.63, 3.8) is 0 Å². The average Bonchev–Trinajstić information content (AvgIpc) is 3.00. The van der Waals surface area contributed by atoms with Gasteiger partial charge in [0, 0.05) is 30.2 Å². The van der Waals surface area contributed by atoms with Gasteiger partial charge in [0.2, 0.25) is 5.96 Å². The molecule has 2 aromatic rings. The Labute approximate surface area is 162 Å². The smallest absolute Gasteiger partial charge is 0.277 e. The summed E-state index contributed by atoms with van der Waals surface area (Å²) in [6, 6.07) is 4.98. The topological polar surface area (TPSA) is 114 Å². The highest BCUT2D eigenvalue weighted by Crippen LogP contribution is 2.37. The van der Waals surface area contributed by atoms with Gasteiger partial charge in [-0.25, -0.2) is 14.2 Å². The molecule has 1 aliphatic heterocycles. The second-order valence-corrected chi connectivity index (χ2v) is 9.35. The number of hydrogen-bond donors (Lipinski definition) is 2. The van der Waals surface area contributed by atoms with E-state index in [9.17, 15) is 9.00 Å². The van der Waals surface area contributed by atoms with Gasteiger partial charge in [0.25, 0.3) is 5.91 Å². The highest BCUT2D eigenvalue weighted by Gasteiger charge is 2.38. The van der Waals surface area contributed by atoms with Gasteiger partial charge in [-0.05, 0) is 31.0 Å². The SMILES string of the molecule is C=S1(=O)C[C@@](C)(c2cc(NC(=O)c3coc(C)n3)ccc2Cl)N=C(N)N1C. The minimum Gasteiger partial charge on any atom is -0.448 e. The van der Waals surface area contributed by atoms with Gasteiger partial charge in [0.15, 0.2) is 11.6 Å². The summed E-state index contributed by atoms with van der Waals surface area (Å²) in [5.74, 6) is 4.01. The number of nitrogens with two attached hydrogens (primary N) is 1. The average molecular weight is 410 g/mol. The van der Waals surface area contributed by atoms with Gasteiger partial charge in [-0.3, -0.25) is 9.10 Å². The zero-order chi connectivity index (χ0) is 20.0. The van der Waals surface area contributed by atoms with E-state index in [1.165, 1.54) is 10.6 Å². The molecule has 3 N–H and O–H groups in total. The molecule has 0 saturated carbocycles. The molecule has 27 heavy (non-hydrogen) atoms. The molecule has 0 saturated heterocycles. The van der Waals surface area contributed by atoms with Gasteiger partial charge >= 0.3 is 0 Å². The Morgan fingerprint density at radius 3 is 2.81 bits per heavy atom. The molecule has 1 aromatic heterocycles. The number of aliphatic imine (C=N–C) groups is 1. The van der Waals surface area contributed by atoms with Crippen LogP contribution in [0.1, 0.15) is 28.9 Å². The molecule has 0 aliphatic carbocycles. The quantitative estimate of drug-likeness (QED) is 0.752. The number of carbonyl (C=O) groups excluding carboxylic acids is 1. The molecule has 1 aromatic carbocycles. The Hall–Kier alpha value is -2.52. The largest absolute Gasteiger partial charge is 0.448 e. The van der Waals surface area contributed by atoms with E-state index in [2.05, 4.69) is 21.2 Å². The first kappa shape index (κ1) is 19.2. The molecule has 0 radical (unpaired) electrons. The van der Waals surface area contributed by atoms with Crippen molar-refractivity contribution in [1.82, 2.24) is 9.29 Å². The third-order valence-corrected chi connectivity index (χ3v) is 6.87. The van der Waals surface area contributed by atoms with Crippen LogP contribution in [0.5, 0.6) is 0 Å². The van der Waals surface area contributed by atoms with Gasteiger partial charge in [0.05, 0.1) is 15.5 Å². The van der Waals surface area contributed by atoms with E-state index in [4.69, 9.17) is 21.8 Å². The van der Waals surface area contributed by atoms with Crippen LogP contribution in [0, 0.1) is 6.92 Å². The van der Waals surface area contributed by atoms with E-state index >= 15 is 0 Å². The van der Waals surface area contributed by atoms with Gasteiger partial charge < -0.3 is 15.5 Å². The Balaban J connectivity index is 1.97. The van der Waals surface area contributed by atoms with Crippen LogP contribution in [0.15, 0.2) is 33.9 Å². The molecule has 144 valence electrons. The normalized spacial score (nSPS) is 25.2. The van der Waals surface area contributed by atoms with Crippen molar-refractivity contribution < 1.29 is 13.4 Å². The first-order valence-corrected chi connectivity index (χ1v) is 10.2. The van der Waals surface area contributed by atoms with Crippen molar-refractivity contribution >= 4 is 44.7 Å². The van der Waals surface area contributed by atoms with E-state index in [1.54, 1.807) is 39.1 Å². The summed E-state index contributed by atoms with van der Waals surface area (Å²) in [7, 11) is -1.06. The van der Waals surface area contributed by atoms with Crippen molar-refractivity contribution in [3.05, 3.63) is 46.6 Å². The van der Waals surface area contributed by atoms with Crippen molar-refractivity contribution in [1.29, 1.82) is 0 Å². The number of guanidine groups is 1. The number of nitrogens with one attached hydrogen (secondary N) is 1. The summed E-state index contributed by atoms with van der Waals surface area (Å²) in [6.45, 7) is 3.43. The van der Waals surface area contributed by atoms with Crippen LogP contribution >= 0.6 is 11.6 Å². The third-order valence-electron chi connectivity index (χ3n) is 4.35. The lowest BCUT2D eigenvalue weighted by molar-refractivity contribution is 0.102. The van der Waals surface area contributed by atoms with Gasteiger partial charge in [0.1, 0.15) is 11.8 Å². The molecule has 0 spiro atoms. The number of aromatic nitrogens is 1. The van der Waals surface area contributed by atoms with Crippen LogP contribution in [-0.2, 0) is 15.2 Å². The second kappa shape index (κ2) is 6.58. The maximum atomic E-state index is 12.8. The van der Waals surface area contributed by atoms with Crippen molar-refractivity contribution in [2.45, 2.75) is 19.4 Å². The first-order chi connectivity index (χ1) is 12.5. The molecule has 1 unspecified atom stereocenters. The van der Waals surface area contributed by atoms with Crippen LogP contribution in [0.4, 0.5) is 5.69 Å². The molecule has 0 fully saturated rings. The summed E-state index contributed by atoms with van der Waals surface area (Å²) in [5, 5.41) is 3.16. The highest BCUT2D eigenvalue weighted by molar-refractivity contribution is 7.98. The molecule has 0 bridgehead atoms. The first-order valence-electron chi connectivity index (χ1n) is 7.99. The monoisotopic (exact) mass is 409 g/mol. The van der Waals surface area contributed by atoms with Crippen molar-refractivity contribution in [2.75, 3.05) is 18.1 Å². The number of amides is 1. The number of nitrogens with zero attached hydrogens (tertiary/aromatic N) is 3. The minimum atomic E-state index is -2.65. The lowest BCUT2D eigenvalue weighted by Crippen LogP contribution is -2.50. The fraction of sp³-hybridized carbons (Fsp3) is 0.294. The Bertz CT molecular complexity index is 1050. The Morgan fingerprint density at radius 2 is 2.22 bits per heavy atom. The van der Waals surface area contributed by atoms with E-state index in [0.717, 1.165) is 0 Å². The summed E-state index contributed by atoms with van der Waals surface area (Å²) < 4.78 is 19.3. The van der Waals surface area contributed by atoms with Gasteiger partial charge in [-0.15, -0.1) is 0 Å². The molecule has 2 atom stereocenters. The van der Waals surface area contributed by atoms with E-state index in [1.807, 2.05) is 0 Å². The van der Waals surface area contributed by atoms with E-state index in [0.29, 0.717) is 22.2 Å². The number of aryl methyl sites for hydroxylation is 1. The van der Waals surface area contributed by atoms with Gasteiger partial charge in [-0.2, -0.15) is 0 Å². The number of anilines is 1. The predicted molar refractivity (Wildman–Crippen MR) is 108 cm³/mol. The van der Waals surface area contributed by atoms with Crippen LogP contribution < -0.4 is 11.1 Å². The number of oxazole rings is 1. The fourth-order valence-corrected chi connectivity index (χ4v) is 4.87. The summed E-state index contributed by atoms with van der Waals surface area (Å²) in [4.78, 5) is 20.8. The molecule has 8 nitrogen and oxygen atoms in total. The third kappa shape index (κ3) is 3.65. The van der Waals surface area contributed by atoms with Crippen LogP contribution in [0.3, 0.4) is 0 Å². The fourth-order valence-electron chi connectivity index (χ4n) is 2.88. The van der Waals surface area contributed by atoms with Crippen molar-refractivity contribution in [2.24, 2.45) is 10.7 Å². The number of rotatable bonds is 3. The molecular formula is C17H20ClN5O3S. The lowest BCUT2D eigenvalue weighted by Gasteiger charge is -2.38. The van der Waals surface area contributed by atoms with Crippen LogP contribution in [-0.4, -0.2) is 44.0 Å². The maximum Gasteiger partial charge on any atom is 0.277 e. The number of carbonyl (C=O) groups is 1. The number of benzene rings is 1. The lowest BCUT2D eigenvalue weighted by atomic mass is 9.94. The maximum absolute atomic E-state index is 12.8. The van der Waals surface area contributed by atoms with Gasteiger partial charge in [-0.1, -0.05) is 11.6 Å². The minimum absolute atomic E-state index is 0.118. The zero-order valence-electron chi connectivity index (χ0n) is 15.2. The molecule has 1 amide bonds. The predicted octanol–water partition coefficient (Wildman–Crippen LogP) is 2.00. The summed E-state index contributed by atoms with van der Waals surface area (Å²) in [6.07, 6.45) is 1.28. The Morgan fingerprint density at radius 1 is 1.52 bits per heavy atom. The molecule has 2 heterocycles. The van der Waals surface area contributed by atoms with Crippen molar-refractivity contribution in [3.8, 4) is 0 Å². The molecule has 3 rings (SSSR count). The van der Waals surface area contributed by atoms with E-state index < -0.39 is 21.2 Å². The summed E-state index contributed by atoms with van der Waals surface area (Å²) in [5.41, 5.74) is 6.24. The standard InChI is InChI=1S/C17H20ClN5O3S/c1-10-20-14(8-26-10)15(24)21-11-5-6-13(18)12(7-11)17(2)9-27(4,25)23(3)16(19)22-17/h5-8H,4,9H2,1-3H3,(H2,19,22)(H,21,24)/t17-,27?/m0/s1.